The van der Waals surface area contributed by atoms with E-state index in [0.717, 1.165) is 30.1 Å². The van der Waals surface area contributed by atoms with E-state index < -0.39 is 11.6 Å². The van der Waals surface area contributed by atoms with E-state index in [2.05, 4.69) is 24.0 Å². The van der Waals surface area contributed by atoms with Gasteiger partial charge in [0.15, 0.2) is 0 Å². The molecule has 162 valence electrons. The van der Waals surface area contributed by atoms with Gasteiger partial charge in [0.1, 0.15) is 17.5 Å². The maximum atomic E-state index is 14.1. The number of halogens is 2. The Morgan fingerprint density at radius 1 is 1.13 bits per heavy atom. The lowest BCUT2D eigenvalue weighted by Crippen LogP contribution is -2.49. The number of nitrogens with one attached hydrogen (secondary N) is 1. The van der Waals surface area contributed by atoms with Crippen LogP contribution in [0.15, 0.2) is 45.7 Å². The summed E-state index contributed by atoms with van der Waals surface area (Å²) in [5.74, 6) is -0.595. The van der Waals surface area contributed by atoms with Crippen molar-refractivity contribution < 1.29 is 13.6 Å². The first-order valence-corrected chi connectivity index (χ1v) is 10.3. The molecule has 1 saturated carbocycles. The fourth-order valence-corrected chi connectivity index (χ4v) is 3.76. The number of amides is 1. The predicted molar refractivity (Wildman–Crippen MR) is 117 cm³/mol. The molecule has 3 rings (SSSR count). The summed E-state index contributed by atoms with van der Waals surface area (Å²) in [6.07, 6.45) is 2.14. The van der Waals surface area contributed by atoms with Crippen molar-refractivity contribution in [1.29, 1.82) is 0 Å². The third kappa shape index (κ3) is 4.71. The number of carbonyl (C=O) groups is 1. The van der Waals surface area contributed by atoms with Gasteiger partial charge in [-0.25, -0.2) is 13.8 Å². The summed E-state index contributed by atoms with van der Waals surface area (Å²) in [6, 6.07) is 3.59. The molecule has 7 heteroatoms. The lowest BCUT2D eigenvalue weighted by atomic mass is 10.00. The number of rotatable bonds is 6. The fraction of sp³-hybridized carbons (Fsp3) is 0.478. The number of benzene rings is 1. The minimum atomic E-state index is -0.596. The van der Waals surface area contributed by atoms with E-state index in [4.69, 9.17) is 0 Å². The summed E-state index contributed by atoms with van der Waals surface area (Å²) < 4.78 is 27.3. The van der Waals surface area contributed by atoms with Crippen LogP contribution in [0.2, 0.25) is 0 Å². The first-order valence-electron chi connectivity index (χ1n) is 10.3. The molecule has 30 heavy (non-hydrogen) atoms. The summed E-state index contributed by atoms with van der Waals surface area (Å²) in [7, 11) is 0. The molecular formula is C23H30F2N4O. The van der Waals surface area contributed by atoms with Crippen LogP contribution in [0.5, 0.6) is 0 Å². The summed E-state index contributed by atoms with van der Waals surface area (Å²) in [5.41, 5.74) is 2.72. The van der Waals surface area contributed by atoms with Crippen molar-refractivity contribution >= 4 is 18.3 Å². The number of allylic oxidation sites excluding steroid dienone is 1. The molecule has 0 radical (unpaired) electrons. The Balaban J connectivity index is 1.74. The van der Waals surface area contributed by atoms with Gasteiger partial charge in [-0.1, -0.05) is 5.57 Å². The molecule has 0 bridgehead atoms. The minimum absolute atomic E-state index is 0.0262. The van der Waals surface area contributed by atoms with E-state index in [9.17, 15) is 13.6 Å². The van der Waals surface area contributed by atoms with Crippen LogP contribution in [0.1, 0.15) is 40.5 Å². The molecule has 1 amide bonds. The lowest BCUT2D eigenvalue weighted by molar-refractivity contribution is -0.127. The Kier molecular flexibility index (Phi) is 6.29. The normalized spacial score (nSPS) is 18.5. The van der Waals surface area contributed by atoms with Crippen molar-refractivity contribution in [3.8, 4) is 0 Å². The minimum Gasteiger partial charge on any atom is -0.366 e. The van der Waals surface area contributed by atoms with Crippen LogP contribution in [-0.2, 0) is 4.79 Å². The van der Waals surface area contributed by atoms with Crippen molar-refractivity contribution in [2.75, 3.05) is 31.1 Å². The zero-order valence-corrected chi connectivity index (χ0v) is 18.2. The number of anilines is 1. The van der Waals surface area contributed by atoms with E-state index in [1.54, 1.807) is 4.90 Å². The second kappa shape index (κ2) is 8.58. The van der Waals surface area contributed by atoms with Gasteiger partial charge in [0.05, 0.1) is 5.69 Å². The molecule has 2 aliphatic rings. The van der Waals surface area contributed by atoms with Crippen LogP contribution in [0.3, 0.4) is 0 Å². The lowest BCUT2D eigenvalue weighted by Gasteiger charge is -2.37. The van der Waals surface area contributed by atoms with Gasteiger partial charge in [-0.3, -0.25) is 4.79 Å². The number of nitrogens with zero attached hydrogens (tertiary/aromatic N) is 3. The average Bonchev–Trinajstić information content (AvgIpc) is 3.43. The fourth-order valence-electron chi connectivity index (χ4n) is 3.76. The van der Waals surface area contributed by atoms with Gasteiger partial charge in [-0.2, -0.15) is 0 Å². The van der Waals surface area contributed by atoms with E-state index >= 15 is 0 Å². The predicted octanol–water partition coefficient (Wildman–Crippen LogP) is 4.02. The monoisotopic (exact) mass is 416 g/mol. The molecule has 2 fully saturated rings. The Bertz CT molecular complexity index is 906. The number of hydrogen-bond acceptors (Lipinski definition) is 4. The highest BCUT2D eigenvalue weighted by Crippen LogP contribution is 2.36. The van der Waals surface area contributed by atoms with Gasteiger partial charge in [0.2, 0.25) is 0 Å². The van der Waals surface area contributed by atoms with Crippen molar-refractivity contribution in [3.63, 3.8) is 0 Å². The van der Waals surface area contributed by atoms with Gasteiger partial charge < -0.3 is 15.1 Å². The first-order chi connectivity index (χ1) is 14.1. The Labute approximate surface area is 177 Å². The number of hydrogen-bond donors (Lipinski definition) is 1. The highest BCUT2D eigenvalue weighted by Gasteiger charge is 2.38. The Morgan fingerprint density at radius 2 is 1.77 bits per heavy atom. The summed E-state index contributed by atoms with van der Waals surface area (Å²) in [4.78, 5) is 21.1. The quantitative estimate of drug-likeness (QED) is 0.433. The summed E-state index contributed by atoms with van der Waals surface area (Å²) in [6.45, 7) is 13.4. The molecule has 5 nitrogen and oxygen atoms in total. The highest BCUT2D eigenvalue weighted by molar-refractivity contribution is 5.98. The van der Waals surface area contributed by atoms with Gasteiger partial charge in [-0.15, -0.1) is 0 Å². The first kappa shape index (κ1) is 22.0. The molecule has 0 atom stereocenters. The standard InChI is InChI=1S/C23H30F2N4O/c1-15(2)20(16(3)21(26-5)27-23(4)8-9-23)22(30)29-12-10-28(11-13-29)19-7-6-17(24)14-18(19)25/h6-7,14,27H,5,8-13H2,1-4H3/b21-16-. The molecular weight excluding hydrogens is 386 g/mol. The second-order valence-corrected chi connectivity index (χ2v) is 8.57. The van der Waals surface area contributed by atoms with Crippen LogP contribution >= 0.6 is 0 Å². The third-order valence-corrected chi connectivity index (χ3v) is 5.84. The molecule has 1 N–H and O–H groups in total. The number of piperazine rings is 1. The molecule has 1 heterocycles. The Morgan fingerprint density at radius 3 is 2.27 bits per heavy atom. The molecule has 0 aromatic heterocycles. The Hall–Kier alpha value is -2.70. The molecule has 1 aliphatic carbocycles. The third-order valence-electron chi connectivity index (χ3n) is 5.84. The van der Waals surface area contributed by atoms with Gasteiger partial charge in [-0.05, 0) is 59.4 Å². The zero-order chi connectivity index (χ0) is 22.1. The summed E-state index contributed by atoms with van der Waals surface area (Å²) in [5, 5.41) is 3.41. The molecule has 0 spiro atoms. The van der Waals surface area contributed by atoms with Crippen LogP contribution in [0.4, 0.5) is 14.5 Å². The second-order valence-electron chi connectivity index (χ2n) is 8.57. The van der Waals surface area contributed by atoms with E-state index in [-0.39, 0.29) is 11.4 Å². The zero-order valence-electron chi connectivity index (χ0n) is 18.2. The molecule has 1 aromatic rings. The maximum absolute atomic E-state index is 14.1. The van der Waals surface area contributed by atoms with Crippen molar-refractivity contribution in [2.45, 2.75) is 46.1 Å². The smallest absolute Gasteiger partial charge is 0.254 e. The molecule has 1 saturated heterocycles. The topological polar surface area (TPSA) is 47.9 Å². The van der Waals surface area contributed by atoms with Crippen molar-refractivity contribution in [1.82, 2.24) is 10.2 Å². The van der Waals surface area contributed by atoms with Crippen LogP contribution in [0, 0.1) is 11.6 Å². The molecule has 1 aromatic carbocycles. The van der Waals surface area contributed by atoms with E-state index in [1.807, 2.05) is 25.7 Å². The highest BCUT2D eigenvalue weighted by atomic mass is 19.1. The number of aliphatic imine (C=N–C) groups is 1. The number of carbonyl (C=O) groups excluding carboxylic acids is 1. The van der Waals surface area contributed by atoms with Crippen LogP contribution in [0.25, 0.3) is 0 Å². The van der Waals surface area contributed by atoms with E-state index in [1.165, 1.54) is 12.1 Å². The average molecular weight is 417 g/mol. The SMILES string of the molecule is C=N/C(NC1(C)CC1)=C(\C)C(C(=O)N1CCN(c2ccc(F)cc2F)CC1)=C(C)C. The largest absolute Gasteiger partial charge is 0.366 e. The summed E-state index contributed by atoms with van der Waals surface area (Å²) >= 11 is 0. The van der Waals surface area contributed by atoms with Gasteiger partial charge in [0.25, 0.3) is 5.91 Å². The van der Waals surface area contributed by atoms with Crippen LogP contribution in [-0.4, -0.2) is 49.2 Å². The molecule has 0 unspecified atom stereocenters. The van der Waals surface area contributed by atoms with Gasteiger partial charge in [0, 0.05) is 48.9 Å². The maximum Gasteiger partial charge on any atom is 0.254 e. The van der Waals surface area contributed by atoms with E-state index in [0.29, 0.717) is 43.3 Å². The van der Waals surface area contributed by atoms with Crippen molar-refractivity contribution in [2.24, 2.45) is 4.99 Å². The van der Waals surface area contributed by atoms with Crippen molar-refractivity contribution in [3.05, 3.63) is 52.4 Å². The van der Waals surface area contributed by atoms with Crippen LogP contribution < -0.4 is 10.2 Å². The molecule has 1 aliphatic heterocycles. The van der Waals surface area contributed by atoms with Gasteiger partial charge >= 0.3 is 0 Å².